The number of aliphatic hydroxyl groups excluding tert-OH is 17. The molecule has 390 valence electrons. The molecule has 0 unspecified atom stereocenters. The minimum absolute atomic E-state index is 0.913. The largest absolute Gasteiger partial charge is 0.394 e. The molecular weight excluding hydrogens is 924 g/mol. The van der Waals surface area contributed by atoms with Crippen LogP contribution in [0.4, 0.5) is 0 Å². The number of ether oxygens (including phenoxy) is 13. The molecule has 30 atom stereocenters. The molecular formula is C37H62O30. The Morgan fingerprint density at radius 1 is 0.254 bits per heavy atom. The van der Waals surface area contributed by atoms with Crippen LogP contribution < -0.4 is 0 Å². The molecule has 22 rings (SSSR count). The normalized spacial score (nSPS) is 54.7. The molecule has 67 heavy (non-hydrogen) atoms. The number of rotatable bonds is 7. The molecule has 0 saturated carbocycles. The Balaban J connectivity index is 1.20. The second kappa shape index (κ2) is 22.7. The third-order valence-corrected chi connectivity index (χ3v) is 12.9. The van der Waals surface area contributed by atoms with Crippen molar-refractivity contribution in [3.05, 3.63) is 0 Å². The van der Waals surface area contributed by atoms with Gasteiger partial charge in [0.15, 0.2) is 37.7 Å². The number of methoxy groups -OCH3 is 1. The molecule has 22 heterocycles. The summed E-state index contributed by atoms with van der Waals surface area (Å²) in [5.74, 6) is 0. The first kappa shape index (κ1) is 53.6. The quantitative estimate of drug-likeness (QED) is 0.113. The predicted octanol–water partition coefficient (Wildman–Crippen LogP) is -12.4. The number of aliphatic hydroxyl groups is 17. The number of hydrogen-bond acceptors (Lipinski definition) is 30. The molecule has 0 radical (unpaired) electrons. The van der Waals surface area contributed by atoms with Gasteiger partial charge in [-0.25, -0.2) is 0 Å². The minimum atomic E-state index is -2.14. The van der Waals surface area contributed by atoms with E-state index in [1.807, 2.05) is 0 Å². The van der Waals surface area contributed by atoms with Gasteiger partial charge in [0.05, 0.1) is 39.6 Å². The maximum atomic E-state index is 11.4. The molecule has 17 N–H and O–H groups in total. The highest BCUT2D eigenvalue weighted by atomic mass is 16.8. The fraction of sp³-hybridized carbons (Fsp3) is 1.00. The molecule has 22 aliphatic rings. The Hall–Kier alpha value is -1.20. The van der Waals surface area contributed by atoms with Gasteiger partial charge in [-0.3, -0.25) is 0 Å². The zero-order valence-corrected chi connectivity index (χ0v) is 35.5. The van der Waals surface area contributed by atoms with Gasteiger partial charge in [-0.2, -0.15) is 0 Å². The third kappa shape index (κ3) is 10.4. The lowest BCUT2D eigenvalue weighted by atomic mass is 9.94. The summed E-state index contributed by atoms with van der Waals surface area (Å²) >= 11 is 0. The minimum Gasteiger partial charge on any atom is -0.394 e. The van der Waals surface area contributed by atoms with Crippen LogP contribution in [0.1, 0.15) is 0 Å². The van der Waals surface area contributed by atoms with Gasteiger partial charge < -0.3 is 148 Å². The van der Waals surface area contributed by atoms with Crippen LogP contribution in [0.2, 0.25) is 0 Å². The van der Waals surface area contributed by atoms with E-state index in [4.69, 9.17) is 61.6 Å². The van der Waals surface area contributed by atoms with Crippen LogP contribution in [0.15, 0.2) is 0 Å². The maximum absolute atomic E-state index is 11.4. The Morgan fingerprint density at radius 2 is 0.433 bits per heavy atom. The topological polar surface area (TPSA) is 464 Å². The molecule has 0 aromatic heterocycles. The van der Waals surface area contributed by atoms with Crippen molar-refractivity contribution >= 4 is 0 Å². The summed E-state index contributed by atoms with van der Waals surface area (Å²) in [4.78, 5) is 0. The van der Waals surface area contributed by atoms with Gasteiger partial charge in [0, 0.05) is 7.11 Å². The summed E-state index contributed by atoms with van der Waals surface area (Å²) in [5.41, 5.74) is 0. The van der Waals surface area contributed by atoms with Gasteiger partial charge in [0.25, 0.3) is 0 Å². The zero-order valence-electron chi connectivity index (χ0n) is 35.5. The van der Waals surface area contributed by atoms with Crippen LogP contribution in [0.5, 0.6) is 0 Å². The van der Waals surface area contributed by atoms with E-state index in [9.17, 15) is 86.8 Å². The lowest BCUT2D eigenvalue weighted by Crippen LogP contribution is -2.69. The molecule has 0 aromatic carbocycles. The second-order valence-corrected chi connectivity index (χ2v) is 17.1. The second-order valence-electron chi connectivity index (χ2n) is 17.1. The van der Waals surface area contributed by atoms with Gasteiger partial charge in [0.2, 0.25) is 0 Å². The summed E-state index contributed by atoms with van der Waals surface area (Å²) in [6, 6.07) is 0. The maximum Gasteiger partial charge on any atom is 0.187 e. The average Bonchev–Trinajstić information content (AvgIpc) is 3.32. The van der Waals surface area contributed by atoms with Crippen LogP contribution in [0, 0.1) is 0 Å². The Labute approximate surface area is 379 Å². The van der Waals surface area contributed by atoms with E-state index in [0.717, 1.165) is 7.11 Å². The van der Waals surface area contributed by atoms with Crippen molar-refractivity contribution < 1.29 is 148 Å². The Kier molecular flexibility index (Phi) is 18.2. The van der Waals surface area contributed by atoms with Gasteiger partial charge in [0.1, 0.15) is 146 Å². The molecule has 30 nitrogen and oxygen atoms in total. The van der Waals surface area contributed by atoms with Crippen molar-refractivity contribution in [1.29, 1.82) is 0 Å². The van der Waals surface area contributed by atoms with Crippen molar-refractivity contribution in [2.24, 2.45) is 0 Å². The van der Waals surface area contributed by atoms with Gasteiger partial charge >= 0.3 is 0 Å². The monoisotopic (exact) mass is 986 g/mol. The van der Waals surface area contributed by atoms with Crippen LogP contribution in [0.25, 0.3) is 0 Å². The van der Waals surface area contributed by atoms with Gasteiger partial charge in [-0.15, -0.1) is 0 Å². The lowest BCUT2D eigenvalue weighted by molar-refractivity contribution is -0.404. The van der Waals surface area contributed by atoms with E-state index in [0.29, 0.717) is 0 Å². The number of hydrogen-bond donors (Lipinski definition) is 17. The zero-order chi connectivity index (χ0) is 48.8. The van der Waals surface area contributed by atoms with E-state index in [-0.39, 0.29) is 0 Å². The van der Waals surface area contributed by atoms with Crippen LogP contribution in [0.3, 0.4) is 0 Å². The standard InChI is InChI=1S/C37H62O30/c1-55-31-24(54)37-61-13(7-43)30(31)67-36-23(53)18(48)28(11(5-41)60-36)65-34-21(51)16(46)26(9(3-39)58-34)63-32-19(49)14(44)25(8(2-38)56-32)62-33-20(50)15(45)27(10(4-40)57-33)64-35-22(52)17(47)29(66-37)12(6-42)59-35/h8-54H,2-7H2,1H3/t8-,9-,10-,11-,12-,13-,14-,15-,16-,17-,18-,19-,20-,21-,22-,23-,24-,25-,26-,27-,28-,29-,30+,31-,32-,33-,34-,35-,36-,37-/m1/s1. The molecule has 0 aliphatic carbocycles. The Bertz CT molecular complexity index is 1530. The van der Waals surface area contributed by atoms with E-state index >= 15 is 0 Å². The summed E-state index contributed by atoms with van der Waals surface area (Å²) in [6.45, 7) is -5.81. The first-order valence-electron chi connectivity index (χ1n) is 21.5. The molecule has 30 heteroatoms. The molecule has 0 spiro atoms. The van der Waals surface area contributed by atoms with Crippen LogP contribution >= 0.6 is 0 Å². The van der Waals surface area contributed by atoms with Crippen molar-refractivity contribution in [2.75, 3.05) is 46.8 Å². The lowest BCUT2D eigenvalue weighted by Gasteiger charge is -2.51. The summed E-state index contributed by atoms with van der Waals surface area (Å²) in [5, 5.41) is 186. The van der Waals surface area contributed by atoms with Crippen LogP contribution in [-0.4, -0.2) is 318 Å². The molecule has 22 saturated heterocycles. The van der Waals surface area contributed by atoms with E-state index in [1.165, 1.54) is 0 Å². The molecule has 22 aliphatic heterocycles. The van der Waals surface area contributed by atoms with E-state index in [2.05, 4.69) is 0 Å². The van der Waals surface area contributed by atoms with E-state index < -0.39 is 224 Å². The van der Waals surface area contributed by atoms with Crippen molar-refractivity contribution in [3.63, 3.8) is 0 Å². The van der Waals surface area contributed by atoms with Gasteiger partial charge in [-0.05, 0) is 0 Å². The first-order chi connectivity index (χ1) is 32.0. The molecule has 0 aromatic rings. The highest BCUT2D eigenvalue weighted by Gasteiger charge is 2.59. The summed E-state index contributed by atoms with van der Waals surface area (Å²) in [7, 11) is 1.10. The Morgan fingerprint density at radius 3 is 0.627 bits per heavy atom. The van der Waals surface area contributed by atoms with Gasteiger partial charge in [-0.1, -0.05) is 0 Å². The van der Waals surface area contributed by atoms with E-state index in [1.54, 1.807) is 0 Å². The smallest absolute Gasteiger partial charge is 0.187 e. The highest BCUT2D eigenvalue weighted by Crippen LogP contribution is 2.38. The average molecular weight is 987 g/mol. The van der Waals surface area contributed by atoms with Crippen molar-refractivity contribution in [2.45, 2.75) is 184 Å². The fourth-order valence-electron chi connectivity index (χ4n) is 9.18. The molecule has 22 fully saturated rings. The summed E-state index contributed by atoms with van der Waals surface area (Å²) < 4.78 is 74.2. The van der Waals surface area contributed by atoms with Crippen molar-refractivity contribution in [3.8, 4) is 0 Å². The van der Waals surface area contributed by atoms with Crippen LogP contribution in [-0.2, 0) is 61.6 Å². The predicted molar refractivity (Wildman–Crippen MR) is 201 cm³/mol. The fourth-order valence-corrected chi connectivity index (χ4v) is 9.18. The van der Waals surface area contributed by atoms with Crippen molar-refractivity contribution in [1.82, 2.24) is 0 Å². The first-order valence-corrected chi connectivity index (χ1v) is 21.5. The summed E-state index contributed by atoms with van der Waals surface area (Å²) in [6.07, 6.45) is -56.6. The highest BCUT2D eigenvalue weighted by molar-refractivity contribution is 5.01. The third-order valence-electron chi connectivity index (χ3n) is 12.9. The molecule has 12 bridgehead atoms. The SMILES string of the molecule is CO[C@@H]1[C@@H](O)[C@H]2O[C@H]3[C@H](O)[C@@H](O)[C@@H](O[C@H]4[C@H](O)[C@@H](O)[C@@H](O[C@H]5[C@H](O)[C@@H](O)[C@@H](O[C@H]6[C@H](O)[C@@H](O)[C@@H](O[C@H]7[C@H](O)[C@@H](O)[C@@H](O[C@H]1[C@@H](CO)O2)O[C@@H]7CO)O[C@@H]6CO)O[C@@H]5CO)O[C@@H]4CO)O[C@@H]3CO. The molecule has 0 amide bonds.